The van der Waals surface area contributed by atoms with Crippen molar-refractivity contribution in [2.45, 2.75) is 19.9 Å². The normalized spacial score (nSPS) is 10.4. The Balaban J connectivity index is 2.11. The lowest BCUT2D eigenvalue weighted by Gasteiger charge is -2.10. The van der Waals surface area contributed by atoms with Crippen LogP contribution in [0.3, 0.4) is 0 Å². The van der Waals surface area contributed by atoms with E-state index in [0.29, 0.717) is 11.0 Å². The predicted octanol–water partition coefficient (Wildman–Crippen LogP) is 4.16. The van der Waals surface area contributed by atoms with Gasteiger partial charge in [-0.1, -0.05) is 31.2 Å². The lowest BCUT2D eigenvalue weighted by atomic mass is 10.1. The summed E-state index contributed by atoms with van der Waals surface area (Å²) in [5.41, 5.74) is 2.44. The van der Waals surface area contributed by atoms with Gasteiger partial charge in [-0.05, 0) is 39.5 Å². The predicted molar refractivity (Wildman–Crippen MR) is 75.0 cm³/mol. The van der Waals surface area contributed by atoms with Crippen LogP contribution in [-0.4, -0.2) is 4.98 Å². The largest absolute Gasteiger partial charge is 0.364 e. The van der Waals surface area contributed by atoms with Crippen LogP contribution in [-0.2, 0) is 13.0 Å². The summed E-state index contributed by atoms with van der Waals surface area (Å²) >= 11 is 3.18. The number of benzene rings is 1. The lowest BCUT2D eigenvalue weighted by Crippen LogP contribution is -2.05. The van der Waals surface area contributed by atoms with Crippen molar-refractivity contribution in [3.63, 3.8) is 0 Å². The number of halogens is 2. The number of nitrogens with one attached hydrogen (secondary N) is 1. The zero-order valence-corrected chi connectivity index (χ0v) is 11.7. The number of rotatable bonds is 4. The number of aryl methyl sites for hydroxylation is 1. The SMILES string of the molecule is CCc1ccccc1CNc1ncc(Br)cc1F. The molecule has 0 saturated carbocycles. The molecule has 2 rings (SSSR count). The molecular formula is C14H14BrFN2. The van der Waals surface area contributed by atoms with Crippen LogP contribution in [0.15, 0.2) is 41.0 Å². The molecule has 1 N–H and O–H groups in total. The van der Waals surface area contributed by atoms with Crippen molar-refractivity contribution in [1.29, 1.82) is 0 Å². The quantitative estimate of drug-likeness (QED) is 0.917. The van der Waals surface area contributed by atoms with E-state index in [1.54, 1.807) is 6.20 Å². The van der Waals surface area contributed by atoms with Gasteiger partial charge in [0.1, 0.15) is 0 Å². The van der Waals surface area contributed by atoms with Crippen LogP contribution >= 0.6 is 15.9 Å². The molecule has 1 heterocycles. The van der Waals surface area contributed by atoms with E-state index in [1.807, 2.05) is 18.2 Å². The smallest absolute Gasteiger partial charge is 0.166 e. The van der Waals surface area contributed by atoms with E-state index >= 15 is 0 Å². The van der Waals surface area contributed by atoms with Crippen LogP contribution in [0.5, 0.6) is 0 Å². The highest BCUT2D eigenvalue weighted by Gasteiger charge is 2.05. The van der Waals surface area contributed by atoms with E-state index in [2.05, 4.69) is 39.2 Å². The van der Waals surface area contributed by atoms with Gasteiger partial charge in [0.15, 0.2) is 11.6 Å². The summed E-state index contributed by atoms with van der Waals surface area (Å²) in [6.07, 6.45) is 2.55. The first-order valence-corrected chi connectivity index (χ1v) is 6.61. The molecule has 0 aliphatic rings. The molecule has 1 aromatic carbocycles. The van der Waals surface area contributed by atoms with Crippen LogP contribution in [0, 0.1) is 5.82 Å². The fraction of sp³-hybridized carbons (Fsp3) is 0.214. The van der Waals surface area contributed by atoms with Crippen molar-refractivity contribution < 1.29 is 4.39 Å². The van der Waals surface area contributed by atoms with E-state index < -0.39 is 0 Å². The molecule has 18 heavy (non-hydrogen) atoms. The Kier molecular flexibility index (Phi) is 4.31. The van der Waals surface area contributed by atoms with Crippen molar-refractivity contribution >= 4 is 21.7 Å². The van der Waals surface area contributed by atoms with E-state index in [0.717, 1.165) is 6.42 Å². The average Bonchev–Trinajstić information content (AvgIpc) is 2.38. The Hall–Kier alpha value is -1.42. The minimum absolute atomic E-state index is 0.282. The van der Waals surface area contributed by atoms with E-state index in [1.165, 1.54) is 17.2 Å². The van der Waals surface area contributed by atoms with Gasteiger partial charge in [0.25, 0.3) is 0 Å². The molecule has 0 atom stereocenters. The fourth-order valence-electron chi connectivity index (χ4n) is 1.80. The maximum absolute atomic E-state index is 13.6. The maximum Gasteiger partial charge on any atom is 0.166 e. The van der Waals surface area contributed by atoms with Crippen LogP contribution in [0.25, 0.3) is 0 Å². The van der Waals surface area contributed by atoms with Gasteiger partial charge in [0, 0.05) is 17.2 Å². The maximum atomic E-state index is 13.6. The van der Waals surface area contributed by atoms with Crippen molar-refractivity contribution in [1.82, 2.24) is 4.98 Å². The molecule has 0 spiro atoms. The first-order valence-electron chi connectivity index (χ1n) is 5.82. The molecule has 94 valence electrons. The Morgan fingerprint density at radius 1 is 1.28 bits per heavy atom. The molecular weight excluding hydrogens is 295 g/mol. The molecule has 2 aromatic rings. The topological polar surface area (TPSA) is 24.9 Å². The third kappa shape index (κ3) is 3.07. The highest BCUT2D eigenvalue weighted by atomic mass is 79.9. The first-order chi connectivity index (χ1) is 8.70. The van der Waals surface area contributed by atoms with Crippen LogP contribution in [0.1, 0.15) is 18.1 Å². The third-order valence-electron chi connectivity index (χ3n) is 2.75. The zero-order valence-electron chi connectivity index (χ0n) is 10.1. The number of pyridine rings is 1. The van der Waals surface area contributed by atoms with Crippen LogP contribution < -0.4 is 5.32 Å². The molecule has 0 fully saturated rings. The minimum Gasteiger partial charge on any atom is -0.364 e. The van der Waals surface area contributed by atoms with Gasteiger partial charge in [-0.15, -0.1) is 0 Å². The molecule has 0 unspecified atom stereocenters. The molecule has 0 aliphatic carbocycles. The summed E-state index contributed by atoms with van der Waals surface area (Å²) in [5.74, 6) is -0.0672. The monoisotopic (exact) mass is 308 g/mol. The molecule has 0 radical (unpaired) electrons. The Labute approximate surface area is 114 Å². The average molecular weight is 309 g/mol. The summed E-state index contributed by atoms with van der Waals surface area (Å²) in [4.78, 5) is 4.02. The second-order valence-electron chi connectivity index (χ2n) is 3.96. The summed E-state index contributed by atoms with van der Waals surface area (Å²) in [6, 6.07) is 9.54. The van der Waals surface area contributed by atoms with E-state index in [4.69, 9.17) is 0 Å². The van der Waals surface area contributed by atoms with Gasteiger partial charge in [-0.25, -0.2) is 9.37 Å². The highest BCUT2D eigenvalue weighted by molar-refractivity contribution is 9.10. The van der Waals surface area contributed by atoms with Gasteiger partial charge >= 0.3 is 0 Å². The second kappa shape index (κ2) is 5.96. The molecule has 1 aromatic heterocycles. The third-order valence-corrected chi connectivity index (χ3v) is 3.19. The summed E-state index contributed by atoms with van der Waals surface area (Å²) in [7, 11) is 0. The first kappa shape index (κ1) is 13.0. The number of hydrogen-bond acceptors (Lipinski definition) is 2. The Morgan fingerprint density at radius 3 is 2.67 bits per heavy atom. The number of anilines is 1. The molecule has 0 saturated heterocycles. The summed E-state index contributed by atoms with van der Waals surface area (Å²) in [5, 5.41) is 3.02. The van der Waals surface area contributed by atoms with Crippen LogP contribution in [0.2, 0.25) is 0 Å². The standard InChI is InChI=1S/C14H14BrFN2/c1-2-10-5-3-4-6-11(10)8-17-14-13(16)7-12(15)9-18-14/h3-7,9H,2,8H2,1H3,(H,17,18). The molecule has 0 amide bonds. The van der Waals surface area contributed by atoms with Crippen molar-refractivity contribution in [3.05, 3.63) is 57.9 Å². The van der Waals surface area contributed by atoms with E-state index in [-0.39, 0.29) is 11.6 Å². The van der Waals surface area contributed by atoms with E-state index in [9.17, 15) is 4.39 Å². The van der Waals surface area contributed by atoms with Crippen molar-refractivity contribution in [3.8, 4) is 0 Å². The van der Waals surface area contributed by atoms with Crippen molar-refractivity contribution in [2.24, 2.45) is 0 Å². The molecule has 4 heteroatoms. The summed E-state index contributed by atoms with van der Waals surface area (Å²) in [6.45, 7) is 2.69. The van der Waals surface area contributed by atoms with Crippen molar-refractivity contribution in [2.75, 3.05) is 5.32 Å². The van der Waals surface area contributed by atoms with Crippen LogP contribution in [0.4, 0.5) is 10.2 Å². The second-order valence-corrected chi connectivity index (χ2v) is 4.88. The van der Waals surface area contributed by atoms with Gasteiger partial charge in [0.2, 0.25) is 0 Å². The van der Waals surface area contributed by atoms with Gasteiger partial charge in [-0.2, -0.15) is 0 Å². The Bertz CT molecular complexity index is 543. The molecule has 0 bridgehead atoms. The Morgan fingerprint density at radius 2 is 2.00 bits per heavy atom. The van der Waals surface area contributed by atoms with Gasteiger partial charge < -0.3 is 5.32 Å². The number of aromatic nitrogens is 1. The lowest BCUT2D eigenvalue weighted by molar-refractivity contribution is 0.623. The minimum atomic E-state index is -0.349. The number of nitrogens with zero attached hydrogens (tertiary/aromatic N) is 1. The van der Waals surface area contributed by atoms with Gasteiger partial charge in [0.05, 0.1) is 0 Å². The van der Waals surface area contributed by atoms with Gasteiger partial charge in [-0.3, -0.25) is 0 Å². The zero-order chi connectivity index (χ0) is 13.0. The summed E-state index contributed by atoms with van der Waals surface area (Å²) < 4.78 is 14.2. The molecule has 0 aliphatic heterocycles. The molecule has 2 nitrogen and oxygen atoms in total. The highest BCUT2D eigenvalue weighted by Crippen LogP contribution is 2.17. The number of hydrogen-bond donors (Lipinski definition) is 1. The fourth-order valence-corrected chi connectivity index (χ4v) is 2.10.